The number of nitrogens with zero attached hydrogens (tertiary/aromatic N) is 3. The lowest BCUT2D eigenvalue weighted by Crippen LogP contribution is -2.41. The first kappa shape index (κ1) is 11.6. The molecule has 0 atom stereocenters. The summed E-state index contributed by atoms with van der Waals surface area (Å²) in [5.74, 6) is 0. The normalized spacial score (nSPS) is 17.9. The molecule has 1 aliphatic heterocycles. The zero-order valence-corrected chi connectivity index (χ0v) is 10.4. The largest absolute Gasteiger partial charge is 0.271 e. The van der Waals surface area contributed by atoms with Crippen LogP contribution in [0.4, 0.5) is 0 Å². The minimum atomic E-state index is 0.892. The maximum atomic E-state index is 4.45. The van der Waals surface area contributed by atoms with E-state index in [9.17, 15) is 0 Å². The summed E-state index contributed by atoms with van der Waals surface area (Å²) in [6.45, 7) is 5.39. The van der Waals surface area contributed by atoms with E-state index >= 15 is 0 Å². The van der Waals surface area contributed by atoms with Crippen molar-refractivity contribution >= 4 is 0 Å². The number of aromatic nitrogens is 2. The number of aryl methyl sites for hydroxylation is 2. The average Bonchev–Trinajstić information content (AvgIpc) is 2.69. The molecule has 1 aromatic rings. The van der Waals surface area contributed by atoms with Crippen molar-refractivity contribution < 1.29 is 0 Å². The van der Waals surface area contributed by atoms with Gasteiger partial charge in [-0.1, -0.05) is 13.3 Å². The van der Waals surface area contributed by atoms with Crippen molar-refractivity contribution in [3.8, 4) is 0 Å². The molecule has 1 N–H and O–H groups in total. The number of hydrogen-bond donors (Lipinski definition) is 1. The van der Waals surface area contributed by atoms with Crippen LogP contribution in [0.2, 0.25) is 0 Å². The highest BCUT2D eigenvalue weighted by Crippen LogP contribution is 2.08. The van der Waals surface area contributed by atoms with Crippen LogP contribution in [0.25, 0.3) is 0 Å². The quantitative estimate of drug-likeness (QED) is 0.837. The van der Waals surface area contributed by atoms with Gasteiger partial charge in [0.05, 0.1) is 17.9 Å². The van der Waals surface area contributed by atoms with Gasteiger partial charge >= 0.3 is 0 Å². The topological polar surface area (TPSA) is 33.1 Å². The Morgan fingerprint density at radius 1 is 1.31 bits per heavy atom. The molecule has 0 unspecified atom stereocenters. The molecule has 1 fully saturated rings. The van der Waals surface area contributed by atoms with Gasteiger partial charge in [-0.15, -0.1) is 0 Å². The molecule has 1 aliphatic rings. The van der Waals surface area contributed by atoms with E-state index in [1.807, 2.05) is 11.7 Å². The van der Waals surface area contributed by atoms with Crippen LogP contribution in [0.15, 0.2) is 6.07 Å². The minimum Gasteiger partial charge on any atom is -0.271 e. The van der Waals surface area contributed by atoms with Crippen LogP contribution >= 0.6 is 0 Å². The fourth-order valence-electron chi connectivity index (χ4n) is 2.15. The Labute approximate surface area is 97.6 Å². The second-order valence-corrected chi connectivity index (χ2v) is 4.49. The third kappa shape index (κ3) is 2.83. The van der Waals surface area contributed by atoms with Gasteiger partial charge in [-0.05, 0) is 25.3 Å². The van der Waals surface area contributed by atoms with Crippen LogP contribution < -0.4 is 5.43 Å². The molecule has 1 saturated heterocycles. The SMILES string of the molecule is CCc1cc(CNN2CCCCC2)n(C)n1. The van der Waals surface area contributed by atoms with Crippen LogP contribution in [-0.4, -0.2) is 27.9 Å². The van der Waals surface area contributed by atoms with Gasteiger partial charge in [0.1, 0.15) is 0 Å². The van der Waals surface area contributed by atoms with E-state index in [-0.39, 0.29) is 0 Å². The Bertz CT molecular complexity index is 326. The van der Waals surface area contributed by atoms with Gasteiger partial charge in [-0.2, -0.15) is 5.10 Å². The lowest BCUT2D eigenvalue weighted by atomic mass is 10.2. The smallest absolute Gasteiger partial charge is 0.0625 e. The highest BCUT2D eigenvalue weighted by Gasteiger charge is 2.10. The van der Waals surface area contributed by atoms with Gasteiger partial charge < -0.3 is 0 Å². The summed E-state index contributed by atoms with van der Waals surface area (Å²) >= 11 is 0. The summed E-state index contributed by atoms with van der Waals surface area (Å²) in [4.78, 5) is 0. The zero-order chi connectivity index (χ0) is 11.4. The molecule has 16 heavy (non-hydrogen) atoms. The fraction of sp³-hybridized carbons (Fsp3) is 0.750. The van der Waals surface area contributed by atoms with E-state index in [1.165, 1.54) is 43.7 Å². The van der Waals surface area contributed by atoms with Gasteiger partial charge in [0, 0.05) is 20.1 Å². The van der Waals surface area contributed by atoms with Gasteiger partial charge in [-0.3, -0.25) is 4.68 Å². The number of rotatable bonds is 4. The summed E-state index contributed by atoms with van der Waals surface area (Å²) < 4.78 is 1.98. The van der Waals surface area contributed by atoms with Crippen LogP contribution in [-0.2, 0) is 20.0 Å². The van der Waals surface area contributed by atoms with E-state index in [2.05, 4.69) is 28.5 Å². The molecule has 2 heterocycles. The summed E-state index contributed by atoms with van der Waals surface area (Å²) in [6, 6.07) is 2.19. The zero-order valence-electron chi connectivity index (χ0n) is 10.4. The molecule has 4 heteroatoms. The Hall–Kier alpha value is -0.870. The molecule has 0 spiro atoms. The number of hydrogen-bond acceptors (Lipinski definition) is 3. The van der Waals surface area contributed by atoms with E-state index < -0.39 is 0 Å². The average molecular weight is 222 g/mol. The monoisotopic (exact) mass is 222 g/mol. The van der Waals surface area contributed by atoms with Crippen molar-refractivity contribution in [3.63, 3.8) is 0 Å². The van der Waals surface area contributed by atoms with Crippen LogP contribution in [0.1, 0.15) is 37.6 Å². The van der Waals surface area contributed by atoms with Crippen LogP contribution in [0.3, 0.4) is 0 Å². The molecule has 4 nitrogen and oxygen atoms in total. The van der Waals surface area contributed by atoms with Gasteiger partial charge in [0.2, 0.25) is 0 Å². The van der Waals surface area contributed by atoms with Crippen LogP contribution in [0.5, 0.6) is 0 Å². The Morgan fingerprint density at radius 3 is 2.69 bits per heavy atom. The molecular weight excluding hydrogens is 200 g/mol. The molecule has 0 radical (unpaired) electrons. The van der Waals surface area contributed by atoms with Crippen molar-refractivity contribution in [1.29, 1.82) is 0 Å². The van der Waals surface area contributed by atoms with Gasteiger partial charge in [0.25, 0.3) is 0 Å². The van der Waals surface area contributed by atoms with Crippen molar-refractivity contribution in [3.05, 3.63) is 17.5 Å². The molecule has 0 aliphatic carbocycles. The highest BCUT2D eigenvalue weighted by atomic mass is 15.5. The fourth-order valence-corrected chi connectivity index (χ4v) is 2.15. The van der Waals surface area contributed by atoms with E-state index in [0.29, 0.717) is 0 Å². The molecule has 1 aromatic heterocycles. The third-order valence-corrected chi connectivity index (χ3v) is 3.23. The van der Waals surface area contributed by atoms with Crippen molar-refractivity contribution in [1.82, 2.24) is 20.2 Å². The second kappa shape index (κ2) is 5.46. The minimum absolute atomic E-state index is 0.892. The molecule has 0 saturated carbocycles. The molecule has 90 valence electrons. The summed E-state index contributed by atoms with van der Waals surface area (Å²) in [5, 5.41) is 6.79. The highest BCUT2D eigenvalue weighted by molar-refractivity contribution is 5.09. The summed E-state index contributed by atoms with van der Waals surface area (Å²) in [5.41, 5.74) is 5.93. The first-order valence-electron chi connectivity index (χ1n) is 6.30. The summed E-state index contributed by atoms with van der Waals surface area (Å²) in [6.07, 6.45) is 5.03. The van der Waals surface area contributed by atoms with E-state index in [0.717, 1.165) is 13.0 Å². The number of hydrazine groups is 1. The lowest BCUT2D eigenvalue weighted by molar-refractivity contribution is 0.149. The van der Waals surface area contributed by atoms with Crippen molar-refractivity contribution in [2.24, 2.45) is 7.05 Å². The van der Waals surface area contributed by atoms with Crippen molar-refractivity contribution in [2.75, 3.05) is 13.1 Å². The van der Waals surface area contributed by atoms with Gasteiger partial charge in [0.15, 0.2) is 0 Å². The van der Waals surface area contributed by atoms with Crippen LogP contribution in [0, 0.1) is 0 Å². The maximum absolute atomic E-state index is 4.45. The Kier molecular flexibility index (Phi) is 3.96. The first-order chi connectivity index (χ1) is 7.79. The maximum Gasteiger partial charge on any atom is 0.0625 e. The second-order valence-electron chi connectivity index (χ2n) is 4.49. The summed E-state index contributed by atoms with van der Waals surface area (Å²) in [7, 11) is 2.02. The number of piperidine rings is 1. The number of nitrogens with one attached hydrogen (secondary N) is 1. The standard InChI is InChI=1S/C12H22N4/c1-3-11-9-12(15(2)14-11)10-13-16-7-5-4-6-8-16/h9,13H,3-8,10H2,1-2H3. The molecule has 0 amide bonds. The van der Waals surface area contributed by atoms with E-state index in [4.69, 9.17) is 0 Å². The van der Waals surface area contributed by atoms with Gasteiger partial charge in [-0.25, -0.2) is 10.4 Å². The first-order valence-corrected chi connectivity index (χ1v) is 6.30. The predicted octanol–water partition coefficient (Wildman–Crippen LogP) is 1.47. The molecule has 2 rings (SSSR count). The molecule has 0 bridgehead atoms. The predicted molar refractivity (Wildman–Crippen MR) is 64.8 cm³/mol. The third-order valence-electron chi connectivity index (χ3n) is 3.23. The molecular formula is C12H22N4. The van der Waals surface area contributed by atoms with Crippen molar-refractivity contribution in [2.45, 2.75) is 39.2 Å². The Morgan fingerprint density at radius 2 is 2.06 bits per heavy atom. The van der Waals surface area contributed by atoms with E-state index in [1.54, 1.807) is 0 Å². The lowest BCUT2D eigenvalue weighted by Gasteiger charge is -2.27. The molecule has 0 aromatic carbocycles. The Balaban J connectivity index is 1.85.